The van der Waals surface area contributed by atoms with Crippen LogP contribution >= 0.6 is 0 Å². The zero-order valence-corrected chi connectivity index (χ0v) is 15.2. The van der Waals surface area contributed by atoms with Crippen LogP contribution in [0.4, 0.5) is 0 Å². The van der Waals surface area contributed by atoms with Crippen molar-refractivity contribution in [3.63, 3.8) is 0 Å². The molecule has 0 amide bonds. The standard InChI is InChI=1S/C22H23N3O/c1-15-7-6-10-18(16(15)2)13-25-12-11-19-20(14-25)23-21(24-22(19)26)17-8-4-3-5-9-17/h3-10H,11-14H2,1-2H3,(H,23,24,26). The average molecular weight is 345 g/mol. The molecule has 26 heavy (non-hydrogen) atoms. The fourth-order valence-corrected chi connectivity index (χ4v) is 3.59. The molecular weight excluding hydrogens is 322 g/mol. The molecular formula is C22H23N3O. The summed E-state index contributed by atoms with van der Waals surface area (Å²) in [6.07, 6.45) is 0.748. The molecule has 1 N–H and O–H groups in total. The van der Waals surface area contributed by atoms with E-state index in [1.165, 1.54) is 16.7 Å². The predicted molar refractivity (Wildman–Crippen MR) is 104 cm³/mol. The SMILES string of the molecule is Cc1cccc(CN2CCc3c(nc(-c4ccccc4)[nH]c3=O)C2)c1C. The molecule has 1 aliphatic rings. The Labute approximate surface area is 153 Å². The maximum atomic E-state index is 12.5. The second kappa shape index (κ2) is 6.89. The molecule has 1 aromatic heterocycles. The zero-order chi connectivity index (χ0) is 18.1. The van der Waals surface area contributed by atoms with E-state index in [9.17, 15) is 4.79 Å². The number of H-pyrrole nitrogens is 1. The molecule has 4 rings (SSSR count). The van der Waals surface area contributed by atoms with Gasteiger partial charge in [-0.25, -0.2) is 4.98 Å². The van der Waals surface area contributed by atoms with Crippen LogP contribution in [-0.4, -0.2) is 21.4 Å². The Kier molecular flexibility index (Phi) is 4.43. The molecule has 0 fully saturated rings. The van der Waals surface area contributed by atoms with Gasteiger partial charge in [0.15, 0.2) is 0 Å². The predicted octanol–water partition coefficient (Wildman–Crippen LogP) is 3.61. The number of hydrogen-bond acceptors (Lipinski definition) is 3. The Balaban J connectivity index is 1.63. The summed E-state index contributed by atoms with van der Waals surface area (Å²) in [6, 6.07) is 16.3. The lowest BCUT2D eigenvalue weighted by Crippen LogP contribution is -2.35. The van der Waals surface area contributed by atoms with Gasteiger partial charge in [0.1, 0.15) is 5.82 Å². The van der Waals surface area contributed by atoms with Crippen molar-refractivity contribution in [3.8, 4) is 11.4 Å². The van der Waals surface area contributed by atoms with Crippen LogP contribution in [0.5, 0.6) is 0 Å². The Bertz CT molecular complexity index is 992. The number of fused-ring (bicyclic) bond motifs is 1. The highest BCUT2D eigenvalue weighted by Gasteiger charge is 2.22. The van der Waals surface area contributed by atoms with Crippen molar-refractivity contribution in [1.29, 1.82) is 0 Å². The molecule has 0 spiro atoms. The van der Waals surface area contributed by atoms with Gasteiger partial charge in [-0.05, 0) is 37.0 Å². The number of nitrogens with one attached hydrogen (secondary N) is 1. The van der Waals surface area contributed by atoms with E-state index in [4.69, 9.17) is 4.98 Å². The number of hydrogen-bond donors (Lipinski definition) is 1. The van der Waals surface area contributed by atoms with E-state index in [1.807, 2.05) is 30.3 Å². The van der Waals surface area contributed by atoms with Crippen molar-refractivity contribution in [2.45, 2.75) is 33.4 Å². The third-order valence-electron chi connectivity index (χ3n) is 5.31. The van der Waals surface area contributed by atoms with Crippen molar-refractivity contribution in [1.82, 2.24) is 14.9 Å². The summed E-state index contributed by atoms with van der Waals surface area (Å²) >= 11 is 0. The summed E-state index contributed by atoms with van der Waals surface area (Å²) in [6.45, 7) is 6.82. The van der Waals surface area contributed by atoms with Crippen LogP contribution in [0.2, 0.25) is 0 Å². The number of aromatic amines is 1. The number of aromatic nitrogens is 2. The summed E-state index contributed by atoms with van der Waals surface area (Å²) in [5, 5.41) is 0. The molecule has 3 aromatic rings. The van der Waals surface area contributed by atoms with Crippen molar-refractivity contribution in [2.75, 3.05) is 6.54 Å². The van der Waals surface area contributed by atoms with E-state index in [2.05, 4.69) is 41.9 Å². The minimum atomic E-state index is 0.000221. The Morgan fingerprint density at radius 2 is 1.88 bits per heavy atom. The van der Waals surface area contributed by atoms with Gasteiger partial charge in [-0.1, -0.05) is 48.5 Å². The fraction of sp³-hybridized carbons (Fsp3) is 0.273. The molecule has 0 atom stereocenters. The molecule has 4 heteroatoms. The second-order valence-corrected chi connectivity index (χ2v) is 7.03. The molecule has 0 bridgehead atoms. The van der Waals surface area contributed by atoms with Gasteiger partial charge in [-0.2, -0.15) is 0 Å². The highest BCUT2D eigenvalue weighted by atomic mass is 16.1. The largest absolute Gasteiger partial charge is 0.306 e. The maximum absolute atomic E-state index is 12.5. The van der Waals surface area contributed by atoms with Crippen molar-refractivity contribution in [2.24, 2.45) is 0 Å². The minimum absolute atomic E-state index is 0.000221. The first kappa shape index (κ1) is 16.7. The highest BCUT2D eigenvalue weighted by molar-refractivity contribution is 5.54. The first-order chi connectivity index (χ1) is 12.6. The van der Waals surface area contributed by atoms with E-state index >= 15 is 0 Å². The average Bonchev–Trinajstić information content (AvgIpc) is 2.66. The number of aryl methyl sites for hydroxylation is 1. The van der Waals surface area contributed by atoms with Crippen LogP contribution in [0.1, 0.15) is 27.9 Å². The van der Waals surface area contributed by atoms with Gasteiger partial charge in [0, 0.05) is 30.8 Å². The van der Waals surface area contributed by atoms with Crippen molar-refractivity contribution < 1.29 is 0 Å². The van der Waals surface area contributed by atoms with Gasteiger partial charge >= 0.3 is 0 Å². The summed E-state index contributed by atoms with van der Waals surface area (Å²) in [7, 11) is 0. The number of benzene rings is 2. The summed E-state index contributed by atoms with van der Waals surface area (Å²) in [5.41, 5.74) is 6.70. The second-order valence-electron chi connectivity index (χ2n) is 7.03. The van der Waals surface area contributed by atoms with Crippen LogP contribution in [0.3, 0.4) is 0 Å². The normalized spacial score (nSPS) is 14.2. The molecule has 4 nitrogen and oxygen atoms in total. The smallest absolute Gasteiger partial charge is 0.254 e. The van der Waals surface area contributed by atoms with Crippen LogP contribution < -0.4 is 5.56 Å². The summed E-state index contributed by atoms with van der Waals surface area (Å²) in [5.74, 6) is 0.655. The molecule has 2 heterocycles. The molecule has 2 aromatic carbocycles. The lowest BCUT2D eigenvalue weighted by molar-refractivity contribution is 0.240. The van der Waals surface area contributed by atoms with E-state index in [-0.39, 0.29) is 5.56 Å². The lowest BCUT2D eigenvalue weighted by atomic mass is 10.0. The number of nitrogens with zero attached hydrogens (tertiary/aromatic N) is 2. The van der Waals surface area contributed by atoms with E-state index in [1.54, 1.807) is 0 Å². The molecule has 0 saturated heterocycles. The van der Waals surface area contributed by atoms with Crippen LogP contribution in [0.15, 0.2) is 53.3 Å². The van der Waals surface area contributed by atoms with Gasteiger partial charge in [-0.3, -0.25) is 9.69 Å². The summed E-state index contributed by atoms with van der Waals surface area (Å²) in [4.78, 5) is 22.6. The molecule has 132 valence electrons. The third-order valence-corrected chi connectivity index (χ3v) is 5.31. The number of rotatable bonds is 3. The fourth-order valence-electron chi connectivity index (χ4n) is 3.59. The van der Waals surface area contributed by atoms with Gasteiger partial charge in [0.05, 0.1) is 5.69 Å². The molecule has 0 radical (unpaired) electrons. The van der Waals surface area contributed by atoms with E-state index in [0.29, 0.717) is 12.4 Å². The topological polar surface area (TPSA) is 49.0 Å². The van der Waals surface area contributed by atoms with E-state index < -0.39 is 0 Å². The van der Waals surface area contributed by atoms with Gasteiger partial charge < -0.3 is 4.98 Å². The monoisotopic (exact) mass is 345 g/mol. The summed E-state index contributed by atoms with van der Waals surface area (Å²) < 4.78 is 0. The Morgan fingerprint density at radius 1 is 1.08 bits per heavy atom. The third kappa shape index (κ3) is 3.20. The van der Waals surface area contributed by atoms with E-state index in [0.717, 1.165) is 36.3 Å². The first-order valence-corrected chi connectivity index (χ1v) is 9.07. The minimum Gasteiger partial charge on any atom is -0.306 e. The van der Waals surface area contributed by atoms with Gasteiger partial charge in [0.25, 0.3) is 5.56 Å². The van der Waals surface area contributed by atoms with Crippen LogP contribution in [0.25, 0.3) is 11.4 Å². The Hall–Kier alpha value is -2.72. The molecule has 0 unspecified atom stereocenters. The maximum Gasteiger partial charge on any atom is 0.254 e. The molecule has 1 aliphatic heterocycles. The zero-order valence-electron chi connectivity index (χ0n) is 15.2. The van der Waals surface area contributed by atoms with Crippen molar-refractivity contribution in [3.05, 3.63) is 86.8 Å². The van der Waals surface area contributed by atoms with Crippen molar-refractivity contribution >= 4 is 0 Å². The van der Waals surface area contributed by atoms with Gasteiger partial charge in [0.2, 0.25) is 0 Å². The van der Waals surface area contributed by atoms with Crippen LogP contribution in [0, 0.1) is 13.8 Å². The Morgan fingerprint density at radius 3 is 2.69 bits per heavy atom. The van der Waals surface area contributed by atoms with Gasteiger partial charge in [-0.15, -0.1) is 0 Å². The lowest BCUT2D eigenvalue weighted by Gasteiger charge is -2.28. The quantitative estimate of drug-likeness (QED) is 0.789. The first-order valence-electron chi connectivity index (χ1n) is 9.07. The molecule has 0 saturated carbocycles. The molecule has 0 aliphatic carbocycles. The van der Waals surface area contributed by atoms with Crippen LogP contribution in [-0.2, 0) is 19.5 Å². The highest BCUT2D eigenvalue weighted by Crippen LogP contribution is 2.21.